The van der Waals surface area contributed by atoms with Gasteiger partial charge >= 0.3 is 0 Å². The first-order chi connectivity index (χ1) is 16.1. The highest BCUT2D eigenvalue weighted by Gasteiger charge is 2.11. The van der Waals surface area contributed by atoms with Crippen LogP contribution in [0.5, 0.6) is 11.5 Å². The minimum Gasteiger partial charge on any atom is -0.494 e. The van der Waals surface area contributed by atoms with E-state index in [0.717, 1.165) is 80.2 Å². The number of unbranched alkanes of at least 4 members (excludes halogenated alkanes) is 2. The summed E-state index contributed by atoms with van der Waals surface area (Å²) in [6.07, 6.45) is 4.38. The lowest BCUT2D eigenvalue weighted by Gasteiger charge is -2.04. The molecule has 33 heavy (non-hydrogen) atoms. The topological polar surface area (TPSA) is 18.5 Å². The molecule has 5 heteroatoms. The van der Waals surface area contributed by atoms with Crippen LogP contribution < -0.4 is 9.47 Å². The largest absolute Gasteiger partial charge is 0.494 e. The van der Waals surface area contributed by atoms with Crippen molar-refractivity contribution >= 4 is 43.2 Å². The molecule has 0 amide bonds. The van der Waals surface area contributed by atoms with Crippen LogP contribution in [0.3, 0.4) is 0 Å². The molecule has 0 aliphatic rings. The van der Waals surface area contributed by atoms with E-state index in [1.54, 1.807) is 11.3 Å². The molecule has 2 nitrogen and oxygen atoms in total. The maximum atomic E-state index is 5.71. The third-order valence-corrected chi connectivity index (χ3v) is 8.34. The maximum Gasteiger partial charge on any atom is 0.119 e. The first-order valence-electron chi connectivity index (χ1n) is 11.1. The van der Waals surface area contributed by atoms with Crippen LogP contribution >= 0.6 is 43.2 Å². The van der Waals surface area contributed by atoms with Crippen LogP contribution in [0.2, 0.25) is 0 Å². The second-order valence-corrected chi connectivity index (χ2v) is 9.95. The molecular weight excluding hydrogens is 560 g/mol. The van der Waals surface area contributed by atoms with Crippen LogP contribution in [-0.2, 0) is 0 Å². The summed E-state index contributed by atoms with van der Waals surface area (Å²) in [6.45, 7) is 5.81. The smallest absolute Gasteiger partial charge is 0.119 e. The van der Waals surface area contributed by atoms with E-state index in [1.807, 2.05) is 48.5 Å². The van der Waals surface area contributed by atoms with Gasteiger partial charge in [-0.2, -0.15) is 0 Å². The SMILES string of the molecule is CCCCOc1ccc(C#Cc2sc(C#Cc3ccc(OCCCC)cc3)c(Br)c2Br)cc1. The van der Waals surface area contributed by atoms with Crippen LogP contribution in [-0.4, -0.2) is 13.2 Å². The summed E-state index contributed by atoms with van der Waals surface area (Å²) in [6, 6.07) is 15.8. The molecule has 170 valence electrons. The number of halogens is 2. The molecule has 0 N–H and O–H groups in total. The van der Waals surface area contributed by atoms with Gasteiger partial charge in [0, 0.05) is 11.1 Å². The van der Waals surface area contributed by atoms with Crippen LogP contribution in [0, 0.1) is 23.7 Å². The molecule has 0 saturated carbocycles. The summed E-state index contributed by atoms with van der Waals surface area (Å²) < 4.78 is 13.3. The molecule has 1 heterocycles. The Morgan fingerprint density at radius 3 is 1.39 bits per heavy atom. The molecule has 3 rings (SSSR count). The molecule has 0 radical (unpaired) electrons. The van der Waals surface area contributed by atoms with Crippen molar-refractivity contribution in [2.24, 2.45) is 0 Å². The van der Waals surface area contributed by atoms with Crippen LogP contribution in [0.1, 0.15) is 60.4 Å². The van der Waals surface area contributed by atoms with Gasteiger partial charge in [0.15, 0.2) is 0 Å². The first-order valence-corrected chi connectivity index (χ1v) is 13.5. The summed E-state index contributed by atoms with van der Waals surface area (Å²) in [7, 11) is 0. The quantitative estimate of drug-likeness (QED) is 0.195. The van der Waals surface area contributed by atoms with Gasteiger partial charge in [0.1, 0.15) is 11.5 Å². The van der Waals surface area contributed by atoms with E-state index < -0.39 is 0 Å². The lowest BCUT2D eigenvalue weighted by Crippen LogP contribution is -1.95. The summed E-state index contributed by atoms with van der Waals surface area (Å²) in [5.41, 5.74) is 1.89. The minimum atomic E-state index is 0.748. The van der Waals surface area contributed by atoms with E-state index >= 15 is 0 Å². The average molecular weight is 586 g/mol. The van der Waals surface area contributed by atoms with Gasteiger partial charge in [-0.15, -0.1) is 11.3 Å². The highest BCUT2D eigenvalue weighted by molar-refractivity contribution is 9.13. The maximum absolute atomic E-state index is 5.71. The van der Waals surface area contributed by atoms with E-state index in [1.165, 1.54) is 0 Å². The van der Waals surface area contributed by atoms with Crippen molar-refractivity contribution in [3.63, 3.8) is 0 Å². The zero-order valence-electron chi connectivity index (χ0n) is 18.8. The molecule has 0 bridgehead atoms. The van der Waals surface area contributed by atoms with E-state index in [-0.39, 0.29) is 0 Å². The van der Waals surface area contributed by atoms with Crippen molar-refractivity contribution in [1.82, 2.24) is 0 Å². The predicted molar refractivity (Wildman–Crippen MR) is 145 cm³/mol. The Morgan fingerprint density at radius 2 is 1.03 bits per heavy atom. The number of rotatable bonds is 8. The number of hydrogen-bond acceptors (Lipinski definition) is 3. The predicted octanol–water partition coefficient (Wildman–Crippen LogP) is 8.43. The molecule has 0 atom stereocenters. The Labute approximate surface area is 218 Å². The van der Waals surface area contributed by atoms with E-state index in [4.69, 9.17) is 9.47 Å². The van der Waals surface area contributed by atoms with Gasteiger partial charge in [0.2, 0.25) is 0 Å². The van der Waals surface area contributed by atoms with Gasteiger partial charge in [0.25, 0.3) is 0 Å². The van der Waals surface area contributed by atoms with E-state index in [9.17, 15) is 0 Å². The second-order valence-electron chi connectivity index (χ2n) is 7.34. The molecule has 0 spiro atoms. The van der Waals surface area contributed by atoms with Crippen molar-refractivity contribution < 1.29 is 9.47 Å². The number of benzene rings is 2. The monoisotopic (exact) mass is 584 g/mol. The Kier molecular flexibility index (Phi) is 10.4. The summed E-state index contributed by atoms with van der Waals surface area (Å²) in [5.74, 6) is 14.7. The highest BCUT2D eigenvalue weighted by Crippen LogP contribution is 2.36. The molecule has 2 aromatic carbocycles. The van der Waals surface area contributed by atoms with Crippen molar-refractivity contribution in [3.8, 4) is 35.2 Å². The molecule has 1 aromatic heterocycles. The fourth-order valence-corrected chi connectivity index (χ4v) is 4.88. The Balaban J connectivity index is 1.67. The van der Waals surface area contributed by atoms with Crippen LogP contribution in [0.4, 0.5) is 0 Å². The van der Waals surface area contributed by atoms with Crippen molar-refractivity contribution in [2.45, 2.75) is 39.5 Å². The van der Waals surface area contributed by atoms with Crippen molar-refractivity contribution in [1.29, 1.82) is 0 Å². The van der Waals surface area contributed by atoms with Gasteiger partial charge in [-0.3, -0.25) is 0 Å². The van der Waals surface area contributed by atoms with Crippen molar-refractivity contribution in [2.75, 3.05) is 13.2 Å². The fraction of sp³-hybridized carbons (Fsp3) is 0.286. The number of ether oxygens (including phenoxy) is 2. The molecule has 3 aromatic rings. The molecule has 0 fully saturated rings. The molecular formula is C28H26Br2O2S. The summed E-state index contributed by atoms with van der Waals surface area (Å²) in [4.78, 5) is 1.88. The summed E-state index contributed by atoms with van der Waals surface area (Å²) in [5, 5.41) is 0. The third kappa shape index (κ3) is 7.97. The normalized spacial score (nSPS) is 10.1. The molecule has 0 aliphatic carbocycles. The molecule has 0 aliphatic heterocycles. The number of hydrogen-bond donors (Lipinski definition) is 0. The highest BCUT2D eigenvalue weighted by atomic mass is 79.9. The van der Waals surface area contributed by atoms with E-state index in [0.29, 0.717) is 0 Å². The average Bonchev–Trinajstić information content (AvgIpc) is 3.11. The zero-order valence-corrected chi connectivity index (χ0v) is 22.8. The standard InChI is InChI=1S/C28H26Br2O2S/c1-3-5-19-31-23-13-7-21(8-14-23)11-17-25-27(29)28(30)26(33-25)18-12-22-9-15-24(16-10-22)32-20-6-4-2/h7-10,13-16H,3-6,19-20H2,1-2H3. The third-order valence-electron chi connectivity index (χ3n) is 4.68. The Morgan fingerprint density at radius 1 is 0.636 bits per heavy atom. The molecule has 0 saturated heterocycles. The lowest BCUT2D eigenvalue weighted by molar-refractivity contribution is 0.309. The Bertz CT molecular complexity index is 1070. The van der Waals surface area contributed by atoms with Gasteiger partial charge < -0.3 is 9.47 Å². The van der Waals surface area contributed by atoms with E-state index in [2.05, 4.69) is 69.4 Å². The minimum absolute atomic E-state index is 0.748. The first kappa shape index (κ1) is 25.4. The molecule has 0 unspecified atom stereocenters. The lowest BCUT2D eigenvalue weighted by atomic mass is 10.2. The zero-order chi connectivity index (χ0) is 23.5. The number of thiophene rings is 1. The second kappa shape index (κ2) is 13.5. The summed E-state index contributed by atoms with van der Waals surface area (Å²) >= 11 is 8.86. The van der Waals surface area contributed by atoms with Crippen LogP contribution in [0.15, 0.2) is 57.5 Å². The van der Waals surface area contributed by atoms with Gasteiger partial charge in [-0.1, -0.05) is 38.5 Å². The van der Waals surface area contributed by atoms with Gasteiger partial charge in [-0.25, -0.2) is 0 Å². The van der Waals surface area contributed by atoms with Crippen LogP contribution in [0.25, 0.3) is 0 Å². The van der Waals surface area contributed by atoms with Gasteiger partial charge in [0.05, 0.1) is 31.9 Å². The Hall–Kier alpha value is -2.18. The van der Waals surface area contributed by atoms with Gasteiger partial charge in [-0.05, 0) is 105 Å². The van der Waals surface area contributed by atoms with Crippen molar-refractivity contribution in [3.05, 3.63) is 78.4 Å². The fourth-order valence-electron chi connectivity index (χ4n) is 2.75.